The number of halogens is 2. The number of rotatable bonds is 5. The van der Waals surface area contributed by atoms with Crippen molar-refractivity contribution in [2.24, 2.45) is 0 Å². The van der Waals surface area contributed by atoms with Crippen molar-refractivity contribution in [3.05, 3.63) is 34.6 Å². The van der Waals surface area contributed by atoms with Crippen LogP contribution in [0.15, 0.2) is 18.2 Å². The fraction of sp³-hybridized carbons (Fsp3) is 0.462. The molecular weight excluding hydrogens is 243 g/mol. The summed E-state index contributed by atoms with van der Waals surface area (Å²) in [6.45, 7) is 3.62. The Kier molecular flexibility index (Phi) is 4.66. The average molecular weight is 259 g/mol. The number of ether oxygens (including phenoxy) is 1. The van der Waals surface area contributed by atoms with Crippen LogP contribution in [0.3, 0.4) is 0 Å². The lowest BCUT2D eigenvalue weighted by Crippen LogP contribution is -2.37. The quantitative estimate of drug-likeness (QED) is 0.809. The Morgan fingerprint density at radius 3 is 2.65 bits per heavy atom. The topological polar surface area (TPSA) is 26.3 Å². The van der Waals surface area contributed by atoms with Crippen molar-refractivity contribution in [3.8, 4) is 0 Å². The first-order chi connectivity index (χ1) is 7.92. The zero-order valence-corrected chi connectivity index (χ0v) is 11.0. The van der Waals surface area contributed by atoms with E-state index in [0.29, 0.717) is 12.0 Å². The molecule has 0 saturated carbocycles. The van der Waals surface area contributed by atoms with E-state index in [4.69, 9.17) is 16.3 Å². The molecule has 0 aromatic heterocycles. The van der Waals surface area contributed by atoms with Gasteiger partial charge in [-0.3, -0.25) is 4.79 Å². The summed E-state index contributed by atoms with van der Waals surface area (Å²) in [5.41, 5.74) is -0.204. The fourth-order valence-corrected chi connectivity index (χ4v) is 1.59. The highest BCUT2D eigenvalue weighted by atomic mass is 35.5. The molecule has 0 radical (unpaired) electrons. The van der Waals surface area contributed by atoms with Crippen molar-refractivity contribution < 1.29 is 13.9 Å². The van der Waals surface area contributed by atoms with Crippen LogP contribution < -0.4 is 0 Å². The first-order valence-electron chi connectivity index (χ1n) is 5.45. The van der Waals surface area contributed by atoms with E-state index in [9.17, 15) is 9.18 Å². The number of carbonyl (C=O) groups excluding carboxylic acids is 1. The standard InChI is InChI=1S/C13H16ClFO2/c1-4-13(2,17-3)12(16)8-9-5-6-10(14)11(15)7-9/h5-7H,4,8H2,1-3H3. The maximum absolute atomic E-state index is 13.2. The Bertz CT molecular complexity index is 414. The molecular formula is C13H16ClFO2. The normalized spacial score (nSPS) is 14.4. The van der Waals surface area contributed by atoms with Gasteiger partial charge in [-0.15, -0.1) is 0 Å². The molecule has 0 saturated heterocycles. The van der Waals surface area contributed by atoms with Crippen LogP contribution >= 0.6 is 11.6 Å². The highest BCUT2D eigenvalue weighted by Crippen LogP contribution is 2.20. The van der Waals surface area contributed by atoms with E-state index in [0.717, 1.165) is 0 Å². The Balaban J connectivity index is 2.84. The highest BCUT2D eigenvalue weighted by molar-refractivity contribution is 6.30. The predicted octanol–water partition coefficient (Wildman–Crippen LogP) is 3.41. The molecule has 94 valence electrons. The Hall–Kier alpha value is -0.930. The minimum Gasteiger partial charge on any atom is -0.371 e. The maximum Gasteiger partial charge on any atom is 0.168 e. The Morgan fingerprint density at radius 2 is 2.18 bits per heavy atom. The van der Waals surface area contributed by atoms with Crippen LogP contribution in [-0.4, -0.2) is 18.5 Å². The largest absolute Gasteiger partial charge is 0.371 e. The monoisotopic (exact) mass is 258 g/mol. The second-order valence-electron chi connectivity index (χ2n) is 4.14. The molecule has 1 aromatic rings. The summed E-state index contributed by atoms with van der Waals surface area (Å²) in [5.74, 6) is -0.572. The van der Waals surface area contributed by atoms with Gasteiger partial charge in [-0.2, -0.15) is 0 Å². The summed E-state index contributed by atoms with van der Waals surface area (Å²) in [4.78, 5) is 12.0. The molecule has 0 heterocycles. The number of Topliss-reactive ketones (excluding diaryl/α,β-unsaturated/α-hetero) is 1. The Morgan fingerprint density at radius 1 is 1.53 bits per heavy atom. The van der Waals surface area contributed by atoms with E-state index in [1.54, 1.807) is 13.0 Å². The third-order valence-corrected chi connectivity index (χ3v) is 3.37. The van der Waals surface area contributed by atoms with Gasteiger partial charge in [-0.05, 0) is 31.0 Å². The molecule has 0 bridgehead atoms. The molecule has 1 aromatic carbocycles. The van der Waals surface area contributed by atoms with Crippen LogP contribution in [0.25, 0.3) is 0 Å². The van der Waals surface area contributed by atoms with Gasteiger partial charge in [-0.1, -0.05) is 24.6 Å². The lowest BCUT2D eigenvalue weighted by atomic mass is 9.92. The van der Waals surface area contributed by atoms with Crippen molar-refractivity contribution in [2.75, 3.05) is 7.11 Å². The minimum absolute atomic E-state index is 0.0613. The van der Waals surface area contributed by atoms with Gasteiger partial charge in [0.15, 0.2) is 5.78 Å². The highest BCUT2D eigenvalue weighted by Gasteiger charge is 2.30. The third-order valence-electron chi connectivity index (χ3n) is 3.06. The lowest BCUT2D eigenvalue weighted by Gasteiger charge is -2.24. The van der Waals surface area contributed by atoms with E-state index in [1.807, 2.05) is 6.92 Å². The second kappa shape index (κ2) is 5.61. The number of ketones is 1. The molecule has 1 unspecified atom stereocenters. The lowest BCUT2D eigenvalue weighted by molar-refractivity contribution is -0.138. The van der Waals surface area contributed by atoms with Crippen molar-refractivity contribution in [3.63, 3.8) is 0 Å². The summed E-state index contributed by atoms with van der Waals surface area (Å²) < 4.78 is 18.4. The Labute approximate surface area is 106 Å². The smallest absolute Gasteiger partial charge is 0.168 e. The van der Waals surface area contributed by atoms with E-state index in [1.165, 1.54) is 19.2 Å². The van der Waals surface area contributed by atoms with E-state index >= 15 is 0 Å². The first-order valence-corrected chi connectivity index (χ1v) is 5.83. The van der Waals surface area contributed by atoms with Gasteiger partial charge < -0.3 is 4.74 Å². The van der Waals surface area contributed by atoms with Gasteiger partial charge in [-0.25, -0.2) is 4.39 Å². The van der Waals surface area contributed by atoms with Gasteiger partial charge in [0.05, 0.1) is 5.02 Å². The molecule has 0 aliphatic rings. The van der Waals surface area contributed by atoms with Crippen molar-refractivity contribution in [2.45, 2.75) is 32.3 Å². The summed E-state index contributed by atoms with van der Waals surface area (Å²) in [6, 6.07) is 4.39. The maximum atomic E-state index is 13.2. The average Bonchev–Trinajstić information content (AvgIpc) is 2.32. The minimum atomic E-state index is -0.809. The molecule has 0 fully saturated rings. The molecule has 0 amide bonds. The van der Waals surface area contributed by atoms with E-state index < -0.39 is 11.4 Å². The van der Waals surface area contributed by atoms with Crippen LogP contribution in [0.1, 0.15) is 25.8 Å². The molecule has 0 spiro atoms. The van der Waals surface area contributed by atoms with Crippen molar-refractivity contribution in [1.82, 2.24) is 0 Å². The molecule has 0 aliphatic heterocycles. The first kappa shape index (κ1) is 14.1. The second-order valence-corrected chi connectivity index (χ2v) is 4.54. The predicted molar refractivity (Wildman–Crippen MR) is 65.8 cm³/mol. The number of hydrogen-bond donors (Lipinski definition) is 0. The molecule has 2 nitrogen and oxygen atoms in total. The number of methoxy groups -OCH3 is 1. The zero-order valence-electron chi connectivity index (χ0n) is 10.2. The third kappa shape index (κ3) is 3.27. The van der Waals surface area contributed by atoms with Gasteiger partial charge >= 0.3 is 0 Å². The van der Waals surface area contributed by atoms with Gasteiger partial charge in [0.25, 0.3) is 0 Å². The summed E-state index contributed by atoms with van der Waals surface area (Å²) in [7, 11) is 1.50. The SMILES string of the molecule is CCC(C)(OC)C(=O)Cc1ccc(Cl)c(F)c1. The van der Waals surface area contributed by atoms with Crippen molar-refractivity contribution >= 4 is 17.4 Å². The van der Waals surface area contributed by atoms with Crippen LogP contribution in [0.5, 0.6) is 0 Å². The molecule has 4 heteroatoms. The fourth-order valence-electron chi connectivity index (χ4n) is 1.48. The van der Waals surface area contributed by atoms with Gasteiger partial charge in [0, 0.05) is 13.5 Å². The van der Waals surface area contributed by atoms with Crippen LogP contribution in [-0.2, 0) is 16.0 Å². The summed E-state index contributed by atoms with van der Waals surface area (Å²) in [6.07, 6.45) is 0.727. The summed E-state index contributed by atoms with van der Waals surface area (Å²) in [5, 5.41) is 0.0613. The molecule has 0 N–H and O–H groups in total. The molecule has 1 atom stereocenters. The zero-order chi connectivity index (χ0) is 13.1. The van der Waals surface area contributed by atoms with Crippen LogP contribution in [0, 0.1) is 5.82 Å². The summed E-state index contributed by atoms with van der Waals surface area (Å²) >= 11 is 5.58. The van der Waals surface area contributed by atoms with Crippen LogP contribution in [0.2, 0.25) is 5.02 Å². The van der Waals surface area contributed by atoms with Gasteiger partial charge in [0.2, 0.25) is 0 Å². The number of carbonyl (C=O) groups is 1. The number of benzene rings is 1. The molecule has 0 aliphatic carbocycles. The van der Waals surface area contributed by atoms with Crippen LogP contribution in [0.4, 0.5) is 4.39 Å². The van der Waals surface area contributed by atoms with E-state index in [-0.39, 0.29) is 17.2 Å². The van der Waals surface area contributed by atoms with Crippen molar-refractivity contribution in [1.29, 1.82) is 0 Å². The molecule has 17 heavy (non-hydrogen) atoms. The van der Waals surface area contributed by atoms with E-state index in [2.05, 4.69) is 0 Å². The number of hydrogen-bond acceptors (Lipinski definition) is 2. The van der Waals surface area contributed by atoms with Gasteiger partial charge in [0.1, 0.15) is 11.4 Å². The molecule has 1 rings (SSSR count).